The maximum absolute atomic E-state index is 11.2. The second kappa shape index (κ2) is 4.65. The fourth-order valence-electron chi connectivity index (χ4n) is 6.88. The normalized spacial score (nSPS) is 57.7. The zero-order valence-corrected chi connectivity index (χ0v) is 16.6. The molecule has 0 aromatic heterocycles. The third kappa shape index (κ3) is 1.83. The van der Waals surface area contributed by atoms with Crippen LogP contribution >= 0.6 is 15.9 Å². The van der Waals surface area contributed by atoms with Crippen molar-refractivity contribution in [1.29, 1.82) is 0 Å². The first-order chi connectivity index (χ1) is 10.6. The molecule has 4 rings (SSSR count). The topological polar surface area (TPSA) is 29.5 Å². The van der Waals surface area contributed by atoms with E-state index in [9.17, 15) is 5.11 Å². The molecule has 3 saturated carbocycles. The quantitative estimate of drug-likeness (QED) is 0.479. The Labute approximate surface area is 149 Å². The number of fused-ring (bicyclic) bond motifs is 2. The molecule has 1 saturated heterocycles. The van der Waals surface area contributed by atoms with Crippen molar-refractivity contribution in [1.82, 2.24) is 0 Å². The molecule has 130 valence electrons. The molecule has 7 unspecified atom stereocenters. The van der Waals surface area contributed by atoms with E-state index in [1.165, 1.54) is 5.57 Å². The smallest absolute Gasteiger partial charge is 0.0684 e. The lowest BCUT2D eigenvalue weighted by Crippen LogP contribution is -2.63. The number of hydrogen-bond donors (Lipinski definition) is 1. The van der Waals surface area contributed by atoms with Crippen molar-refractivity contribution in [3.8, 4) is 0 Å². The first kappa shape index (κ1) is 16.6. The zero-order valence-electron chi connectivity index (χ0n) is 15.0. The molecule has 3 heteroatoms. The molecule has 2 bridgehead atoms. The molecule has 4 aliphatic rings. The second-order valence-corrected chi connectivity index (χ2v) is 10.9. The van der Waals surface area contributed by atoms with Gasteiger partial charge in [0.15, 0.2) is 0 Å². The van der Waals surface area contributed by atoms with Crippen LogP contribution in [0.4, 0.5) is 0 Å². The van der Waals surface area contributed by atoms with Crippen LogP contribution in [0.5, 0.6) is 0 Å². The van der Waals surface area contributed by atoms with Crippen molar-refractivity contribution >= 4 is 15.9 Å². The van der Waals surface area contributed by atoms with Gasteiger partial charge in [0, 0.05) is 15.7 Å². The van der Waals surface area contributed by atoms with Crippen molar-refractivity contribution in [2.24, 2.45) is 22.2 Å². The van der Waals surface area contributed by atoms with Gasteiger partial charge in [-0.25, -0.2) is 0 Å². The lowest BCUT2D eigenvalue weighted by atomic mass is 9.42. The Balaban J connectivity index is 1.84. The number of hydrogen-bond acceptors (Lipinski definition) is 2. The van der Waals surface area contributed by atoms with Crippen molar-refractivity contribution in [2.45, 2.75) is 88.9 Å². The van der Waals surface area contributed by atoms with E-state index in [-0.39, 0.29) is 22.3 Å². The van der Waals surface area contributed by atoms with Crippen molar-refractivity contribution in [3.63, 3.8) is 0 Å². The molecule has 1 aliphatic heterocycles. The molecule has 1 N–H and O–H groups in total. The molecular formula is C20H31BrO2. The van der Waals surface area contributed by atoms with Gasteiger partial charge in [0.25, 0.3) is 0 Å². The summed E-state index contributed by atoms with van der Waals surface area (Å²) in [6.07, 6.45) is 6.84. The van der Waals surface area contributed by atoms with Gasteiger partial charge in [-0.15, -0.1) is 0 Å². The third-order valence-corrected chi connectivity index (χ3v) is 9.99. The predicted molar refractivity (Wildman–Crippen MR) is 96.7 cm³/mol. The van der Waals surface area contributed by atoms with E-state index < -0.39 is 5.60 Å². The Morgan fingerprint density at radius 1 is 1.13 bits per heavy atom. The summed E-state index contributed by atoms with van der Waals surface area (Å²) < 4.78 is 6.63. The highest BCUT2D eigenvalue weighted by molar-refractivity contribution is 9.09. The summed E-state index contributed by atoms with van der Waals surface area (Å²) in [6.45, 7) is 13.7. The van der Waals surface area contributed by atoms with Gasteiger partial charge in [0.05, 0.1) is 17.8 Å². The lowest BCUT2D eigenvalue weighted by molar-refractivity contribution is -0.160. The van der Waals surface area contributed by atoms with Crippen LogP contribution in [0.25, 0.3) is 0 Å². The minimum Gasteiger partial charge on any atom is -0.390 e. The molecule has 23 heavy (non-hydrogen) atoms. The second-order valence-electron chi connectivity index (χ2n) is 9.78. The summed E-state index contributed by atoms with van der Waals surface area (Å²) in [5.41, 5.74) is 1.09. The lowest BCUT2D eigenvalue weighted by Gasteiger charge is -2.63. The first-order valence-corrected chi connectivity index (χ1v) is 10.2. The largest absolute Gasteiger partial charge is 0.390 e. The van der Waals surface area contributed by atoms with Gasteiger partial charge in [-0.3, -0.25) is 0 Å². The third-order valence-electron chi connectivity index (χ3n) is 8.49. The number of alkyl halides is 1. The van der Waals surface area contributed by atoms with E-state index in [1.807, 2.05) is 0 Å². The van der Waals surface area contributed by atoms with E-state index in [0.717, 1.165) is 38.5 Å². The van der Waals surface area contributed by atoms with Gasteiger partial charge in [-0.05, 0) is 56.8 Å². The molecule has 4 fully saturated rings. The highest BCUT2D eigenvalue weighted by Crippen LogP contribution is 2.72. The molecule has 1 heterocycles. The van der Waals surface area contributed by atoms with Crippen LogP contribution in [0, 0.1) is 22.2 Å². The zero-order chi connectivity index (χ0) is 16.8. The fraction of sp³-hybridized carbons (Fsp3) is 0.900. The van der Waals surface area contributed by atoms with E-state index in [1.54, 1.807) is 0 Å². The van der Waals surface area contributed by atoms with Crippen LogP contribution in [0.15, 0.2) is 12.2 Å². The molecule has 0 aromatic carbocycles. The monoisotopic (exact) mass is 382 g/mol. The Morgan fingerprint density at radius 2 is 1.83 bits per heavy atom. The molecular weight excluding hydrogens is 352 g/mol. The van der Waals surface area contributed by atoms with Crippen LogP contribution in [0.1, 0.15) is 66.2 Å². The summed E-state index contributed by atoms with van der Waals surface area (Å²) in [7, 11) is 0. The van der Waals surface area contributed by atoms with E-state index >= 15 is 0 Å². The van der Waals surface area contributed by atoms with Crippen LogP contribution in [0.2, 0.25) is 0 Å². The van der Waals surface area contributed by atoms with Gasteiger partial charge in [0.2, 0.25) is 0 Å². The Bertz CT molecular complexity index is 554. The van der Waals surface area contributed by atoms with Gasteiger partial charge >= 0.3 is 0 Å². The van der Waals surface area contributed by atoms with Gasteiger partial charge in [-0.2, -0.15) is 0 Å². The molecule has 3 aliphatic carbocycles. The first-order valence-electron chi connectivity index (χ1n) is 9.26. The van der Waals surface area contributed by atoms with Gasteiger partial charge in [0.1, 0.15) is 0 Å². The molecule has 0 aromatic rings. The average Bonchev–Trinajstić information content (AvgIpc) is 2.57. The molecule has 1 spiro atoms. The van der Waals surface area contributed by atoms with E-state index in [0.29, 0.717) is 16.8 Å². The number of ether oxygens (including phenoxy) is 1. The van der Waals surface area contributed by atoms with Crippen LogP contribution in [-0.4, -0.2) is 27.7 Å². The minimum atomic E-state index is -0.579. The number of aliphatic hydroxyl groups is 1. The number of rotatable bonds is 0. The van der Waals surface area contributed by atoms with E-state index in [4.69, 9.17) is 4.74 Å². The van der Waals surface area contributed by atoms with Crippen molar-refractivity contribution in [2.75, 3.05) is 0 Å². The average molecular weight is 383 g/mol. The Morgan fingerprint density at radius 3 is 2.52 bits per heavy atom. The number of halogens is 1. The summed E-state index contributed by atoms with van der Waals surface area (Å²) >= 11 is 3.96. The summed E-state index contributed by atoms with van der Waals surface area (Å²) in [6, 6.07) is 0. The van der Waals surface area contributed by atoms with Crippen LogP contribution in [0.3, 0.4) is 0 Å². The summed E-state index contributed by atoms with van der Waals surface area (Å²) in [5, 5.41) is 11.2. The predicted octanol–water partition coefficient (Wildman–Crippen LogP) is 4.84. The summed E-state index contributed by atoms with van der Waals surface area (Å²) in [4.78, 5) is 0.470. The fourth-order valence-corrected chi connectivity index (χ4v) is 7.62. The summed E-state index contributed by atoms with van der Waals surface area (Å²) in [5.74, 6) is 0.306. The molecule has 2 nitrogen and oxygen atoms in total. The molecule has 0 radical (unpaired) electrons. The molecule has 7 atom stereocenters. The van der Waals surface area contributed by atoms with Gasteiger partial charge < -0.3 is 9.84 Å². The van der Waals surface area contributed by atoms with Gasteiger partial charge in [-0.1, -0.05) is 48.9 Å². The van der Waals surface area contributed by atoms with Crippen LogP contribution in [-0.2, 0) is 4.74 Å². The SMILES string of the molecule is C=C1CCC2OC3CC4(C)C(Br)CCC(C)(O)C4CC13C2(C)C. The highest BCUT2D eigenvalue weighted by Gasteiger charge is 2.71. The minimum absolute atomic E-state index is 0.0497. The van der Waals surface area contributed by atoms with E-state index in [2.05, 4.69) is 50.2 Å². The Hall–Kier alpha value is 0.140. The van der Waals surface area contributed by atoms with Crippen LogP contribution < -0.4 is 0 Å². The maximum atomic E-state index is 11.2. The van der Waals surface area contributed by atoms with Crippen molar-refractivity contribution < 1.29 is 9.84 Å². The Kier molecular flexibility index (Phi) is 3.35. The highest BCUT2D eigenvalue weighted by atomic mass is 79.9. The standard InChI is InChI=1S/C20H31BrO2/c1-12-6-7-15-17(2,3)20(12)10-13-18(4,11-16(20)23-15)14(21)8-9-19(13,5)22/h13-16,22H,1,6-11H2,2-5H3. The van der Waals surface area contributed by atoms with Crippen molar-refractivity contribution in [3.05, 3.63) is 12.2 Å². The molecule has 0 amide bonds. The maximum Gasteiger partial charge on any atom is 0.0684 e.